The number of hydrogen-bond donors (Lipinski definition) is 0. The second-order valence-electron chi connectivity index (χ2n) is 13.2. The van der Waals surface area contributed by atoms with E-state index >= 15 is 0 Å². The first kappa shape index (κ1) is 31.2. The minimum Gasteiger partial charge on any atom is -0.345 e. The van der Waals surface area contributed by atoms with Crippen LogP contribution in [0.15, 0.2) is 194 Å². The largest absolute Gasteiger partial charge is 0.345 e. The zero-order valence-electron chi connectivity index (χ0n) is 28.6. The Kier molecular flexibility index (Phi) is 8.59. The van der Waals surface area contributed by atoms with Crippen LogP contribution in [0.5, 0.6) is 0 Å². The van der Waals surface area contributed by atoms with Gasteiger partial charge >= 0.3 is 0 Å². The molecule has 2 nitrogen and oxygen atoms in total. The topological polar surface area (TPSA) is 6.48 Å². The van der Waals surface area contributed by atoms with Crippen LogP contribution in [0.25, 0.3) is 38.6 Å². The van der Waals surface area contributed by atoms with Gasteiger partial charge in [0.25, 0.3) is 0 Å². The van der Waals surface area contributed by atoms with E-state index in [0.717, 1.165) is 6.42 Å². The quantitative estimate of drug-likeness (QED) is 0.162. The van der Waals surface area contributed by atoms with E-state index in [0.29, 0.717) is 5.92 Å². The fraction of sp³-hybridized carbons (Fsp3) is 0.0833. The molecule has 7 aromatic rings. The van der Waals surface area contributed by atoms with Crippen molar-refractivity contribution in [2.45, 2.75) is 13.3 Å². The average Bonchev–Trinajstić information content (AvgIpc) is 3.19. The molecule has 0 spiro atoms. The number of anilines is 4. The number of fused-ring (bicyclic) bond motifs is 1. The highest BCUT2D eigenvalue weighted by Gasteiger charge is 2.24. The molecule has 0 bridgehead atoms. The Morgan fingerprint density at radius 1 is 0.440 bits per heavy atom. The molecule has 0 amide bonds. The van der Waals surface area contributed by atoms with Gasteiger partial charge in [-0.25, -0.2) is 0 Å². The van der Waals surface area contributed by atoms with Crippen LogP contribution in [0.4, 0.5) is 22.7 Å². The number of rotatable bonds is 8. The van der Waals surface area contributed by atoms with Crippen LogP contribution >= 0.6 is 0 Å². The van der Waals surface area contributed by atoms with E-state index in [1.54, 1.807) is 0 Å². The van der Waals surface area contributed by atoms with Crippen molar-refractivity contribution < 1.29 is 0 Å². The highest BCUT2D eigenvalue weighted by Crippen LogP contribution is 2.42. The molecule has 7 aromatic carbocycles. The Morgan fingerprint density at radius 2 is 0.920 bits per heavy atom. The van der Waals surface area contributed by atoms with Gasteiger partial charge in [0, 0.05) is 35.2 Å². The van der Waals surface area contributed by atoms with Gasteiger partial charge in [0.1, 0.15) is 0 Å². The van der Waals surface area contributed by atoms with Crippen molar-refractivity contribution in [1.82, 2.24) is 0 Å². The van der Waals surface area contributed by atoms with Crippen LogP contribution in [-0.4, -0.2) is 7.05 Å². The summed E-state index contributed by atoms with van der Waals surface area (Å²) in [6.45, 7) is 2.35. The van der Waals surface area contributed by atoms with Gasteiger partial charge in [-0.2, -0.15) is 0 Å². The van der Waals surface area contributed by atoms with E-state index in [1.165, 1.54) is 72.6 Å². The zero-order valence-corrected chi connectivity index (χ0v) is 28.6. The number of nitrogens with zero attached hydrogens (tertiary/aromatic N) is 2. The lowest BCUT2D eigenvalue weighted by Gasteiger charge is -2.33. The molecule has 2 heteroatoms. The predicted octanol–water partition coefficient (Wildman–Crippen LogP) is 13.1. The smallest absolute Gasteiger partial charge is 0.0536 e. The molecule has 1 unspecified atom stereocenters. The Balaban J connectivity index is 1.09. The second kappa shape index (κ2) is 13.8. The van der Waals surface area contributed by atoms with E-state index in [2.05, 4.69) is 212 Å². The Labute approximate surface area is 295 Å². The van der Waals surface area contributed by atoms with Crippen molar-refractivity contribution in [2.24, 2.45) is 5.92 Å². The molecule has 0 radical (unpaired) electrons. The minimum absolute atomic E-state index is 0.352. The molecule has 50 heavy (non-hydrogen) atoms. The first-order valence-electron chi connectivity index (χ1n) is 17.5. The van der Waals surface area contributed by atoms with Crippen LogP contribution in [0.3, 0.4) is 0 Å². The summed E-state index contributed by atoms with van der Waals surface area (Å²) in [7, 11) is 2.14. The van der Waals surface area contributed by atoms with Gasteiger partial charge in [-0.15, -0.1) is 0 Å². The van der Waals surface area contributed by atoms with Gasteiger partial charge in [-0.3, -0.25) is 0 Å². The number of hydrogen-bond acceptors (Lipinski definition) is 2. The lowest BCUT2D eigenvalue weighted by molar-refractivity contribution is 0.716. The third-order valence-corrected chi connectivity index (χ3v) is 9.98. The van der Waals surface area contributed by atoms with Crippen molar-refractivity contribution in [3.05, 3.63) is 199 Å². The molecule has 0 N–H and O–H groups in total. The maximum Gasteiger partial charge on any atom is 0.0536 e. The molecule has 242 valence electrons. The number of benzene rings is 7. The molecular weight excluding hydrogens is 605 g/mol. The molecule has 0 aliphatic heterocycles. The van der Waals surface area contributed by atoms with Crippen LogP contribution in [-0.2, 0) is 0 Å². The van der Waals surface area contributed by atoms with Crippen molar-refractivity contribution >= 4 is 39.1 Å². The summed E-state index contributed by atoms with van der Waals surface area (Å²) >= 11 is 0. The van der Waals surface area contributed by atoms with E-state index in [4.69, 9.17) is 0 Å². The summed E-state index contributed by atoms with van der Waals surface area (Å²) in [5.41, 5.74) is 13.6. The lowest BCUT2D eigenvalue weighted by atomic mass is 9.86. The molecule has 0 heterocycles. The minimum atomic E-state index is 0.352. The summed E-state index contributed by atoms with van der Waals surface area (Å²) < 4.78 is 0. The average molecular weight is 645 g/mol. The summed E-state index contributed by atoms with van der Waals surface area (Å²) in [6.07, 6.45) is 5.60. The molecule has 1 atom stereocenters. The van der Waals surface area contributed by atoms with Crippen molar-refractivity contribution in [2.75, 3.05) is 16.8 Å². The maximum absolute atomic E-state index is 2.46. The SMILES string of the molecule is CC1CC(N(c2ccc(-c3ccccc3)cc2)c2cccc3ccccc23)=CC=C1c1ccc(N(C)c2ccc(-c3ccccc3)cc2)cc1. The number of allylic oxidation sites excluding steroid dienone is 4. The van der Waals surface area contributed by atoms with E-state index in [-0.39, 0.29) is 0 Å². The molecule has 8 rings (SSSR count). The van der Waals surface area contributed by atoms with Crippen molar-refractivity contribution in [1.29, 1.82) is 0 Å². The molecule has 0 saturated heterocycles. The van der Waals surface area contributed by atoms with Crippen molar-refractivity contribution in [3.8, 4) is 22.3 Å². The van der Waals surface area contributed by atoms with Gasteiger partial charge in [0.15, 0.2) is 0 Å². The van der Waals surface area contributed by atoms with E-state index in [1.807, 2.05) is 0 Å². The van der Waals surface area contributed by atoms with Crippen LogP contribution in [0.2, 0.25) is 0 Å². The first-order valence-corrected chi connectivity index (χ1v) is 17.5. The van der Waals surface area contributed by atoms with Crippen molar-refractivity contribution in [3.63, 3.8) is 0 Å². The standard InChI is InChI=1S/C48H40N2/c1-35-34-45(32-33-46(35)41-24-28-43(29-25-41)49(2)42-26-20-38(21-27-42)36-12-5-3-6-13-36)50(48-19-11-17-40-16-9-10-18-47(40)48)44-30-22-39(23-31-44)37-14-7-4-8-15-37/h3-33,35H,34H2,1-2H3. The lowest BCUT2D eigenvalue weighted by Crippen LogP contribution is -2.21. The summed E-state index contributed by atoms with van der Waals surface area (Å²) in [6, 6.07) is 63.3. The van der Waals surface area contributed by atoms with Gasteiger partial charge in [-0.1, -0.05) is 146 Å². The van der Waals surface area contributed by atoms with Gasteiger partial charge in [0.2, 0.25) is 0 Å². The second-order valence-corrected chi connectivity index (χ2v) is 13.2. The van der Waals surface area contributed by atoms with Gasteiger partial charge in [-0.05, 0) is 99.7 Å². The third kappa shape index (κ3) is 6.24. The molecule has 0 fully saturated rings. The van der Waals surface area contributed by atoms with Gasteiger partial charge in [0.05, 0.1) is 5.69 Å². The summed E-state index contributed by atoms with van der Waals surface area (Å²) in [4.78, 5) is 4.71. The maximum atomic E-state index is 2.46. The van der Waals surface area contributed by atoms with E-state index < -0.39 is 0 Å². The fourth-order valence-electron chi connectivity index (χ4n) is 7.22. The summed E-state index contributed by atoms with van der Waals surface area (Å²) in [5.74, 6) is 0.352. The normalized spacial score (nSPS) is 14.2. The van der Waals surface area contributed by atoms with Crippen LogP contribution in [0.1, 0.15) is 18.9 Å². The van der Waals surface area contributed by atoms with Gasteiger partial charge < -0.3 is 9.80 Å². The monoisotopic (exact) mass is 644 g/mol. The predicted molar refractivity (Wildman–Crippen MR) is 214 cm³/mol. The molecule has 0 aromatic heterocycles. The fourth-order valence-corrected chi connectivity index (χ4v) is 7.22. The first-order chi connectivity index (χ1) is 24.6. The summed E-state index contributed by atoms with van der Waals surface area (Å²) in [5, 5.41) is 2.49. The highest BCUT2D eigenvalue weighted by molar-refractivity contribution is 5.97. The molecule has 1 aliphatic rings. The Morgan fingerprint density at radius 3 is 1.50 bits per heavy atom. The van der Waals surface area contributed by atoms with Crippen LogP contribution in [0, 0.1) is 5.92 Å². The third-order valence-electron chi connectivity index (χ3n) is 9.98. The highest BCUT2D eigenvalue weighted by atomic mass is 15.2. The molecular formula is C48H40N2. The molecule has 0 saturated carbocycles. The Bertz CT molecular complexity index is 2280. The molecule has 1 aliphatic carbocycles. The Hall–Kier alpha value is -6.12. The zero-order chi connectivity index (χ0) is 33.9. The van der Waals surface area contributed by atoms with Crippen LogP contribution < -0.4 is 9.80 Å². The van der Waals surface area contributed by atoms with E-state index in [9.17, 15) is 0 Å².